The van der Waals surface area contributed by atoms with Gasteiger partial charge in [-0.3, -0.25) is 0 Å². The lowest BCUT2D eigenvalue weighted by Gasteiger charge is -2.40. The molecule has 3 unspecified atom stereocenters. The molecule has 2 bridgehead atoms. The van der Waals surface area contributed by atoms with E-state index in [0.717, 1.165) is 32.2 Å². The van der Waals surface area contributed by atoms with Gasteiger partial charge in [-0.15, -0.1) is 0 Å². The lowest BCUT2D eigenvalue weighted by molar-refractivity contribution is -0.00110. The molecular formula is C15H26N2O2. The largest absolute Gasteiger partial charge is 0.444 e. The van der Waals surface area contributed by atoms with Crippen molar-refractivity contribution in [3.63, 3.8) is 0 Å². The molecule has 2 N–H and O–H groups in total. The Hall–Kier alpha value is -0.770. The molecule has 2 saturated heterocycles. The van der Waals surface area contributed by atoms with Crippen LogP contribution in [0.15, 0.2) is 0 Å². The molecule has 3 aliphatic rings. The zero-order valence-corrected chi connectivity index (χ0v) is 12.3. The van der Waals surface area contributed by atoms with Gasteiger partial charge in [-0.25, -0.2) is 4.79 Å². The average Bonchev–Trinajstić information content (AvgIpc) is 2.87. The molecule has 3 atom stereocenters. The van der Waals surface area contributed by atoms with Gasteiger partial charge in [0.05, 0.1) is 0 Å². The van der Waals surface area contributed by atoms with Crippen LogP contribution in [0.2, 0.25) is 0 Å². The van der Waals surface area contributed by atoms with Gasteiger partial charge >= 0.3 is 6.09 Å². The first kappa shape index (κ1) is 13.2. The Morgan fingerprint density at radius 3 is 2.26 bits per heavy atom. The average molecular weight is 266 g/mol. The highest BCUT2D eigenvalue weighted by Crippen LogP contribution is 2.63. The SMILES string of the molecule is CC(C)(C)OC(=O)N1C2CCC1CC1(C2)CC1CN. The normalized spacial score (nSPS) is 40.6. The lowest BCUT2D eigenvalue weighted by atomic mass is 9.85. The van der Waals surface area contributed by atoms with E-state index < -0.39 is 5.60 Å². The minimum atomic E-state index is -0.398. The summed E-state index contributed by atoms with van der Waals surface area (Å²) in [4.78, 5) is 14.4. The first-order chi connectivity index (χ1) is 8.85. The molecule has 108 valence electrons. The molecule has 2 aliphatic heterocycles. The Balaban J connectivity index is 1.69. The van der Waals surface area contributed by atoms with Gasteiger partial charge in [0.25, 0.3) is 0 Å². The number of piperidine rings is 1. The van der Waals surface area contributed by atoms with Gasteiger partial charge < -0.3 is 15.4 Å². The third kappa shape index (κ3) is 2.24. The predicted molar refractivity (Wildman–Crippen MR) is 73.7 cm³/mol. The minimum absolute atomic E-state index is 0.111. The highest BCUT2D eigenvalue weighted by atomic mass is 16.6. The van der Waals surface area contributed by atoms with Gasteiger partial charge in [0, 0.05) is 12.1 Å². The molecule has 3 rings (SSSR count). The monoisotopic (exact) mass is 266 g/mol. The first-order valence-corrected chi connectivity index (χ1v) is 7.56. The van der Waals surface area contributed by atoms with E-state index in [2.05, 4.69) is 0 Å². The summed E-state index contributed by atoms with van der Waals surface area (Å²) in [5.41, 5.74) is 5.90. The number of hydrogen-bond donors (Lipinski definition) is 1. The van der Waals surface area contributed by atoms with Crippen molar-refractivity contribution in [1.29, 1.82) is 0 Å². The van der Waals surface area contributed by atoms with Crippen LogP contribution in [0.1, 0.15) is 52.9 Å². The Morgan fingerprint density at radius 2 is 1.84 bits per heavy atom. The van der Waals surface area contributed by atoms with E-state index >= 15 is 0 Å². The number of nitrogens with zero attached hydrogens (tertiary/aromatic N) is 1. The molecule has 4 heteroatoms. The van der Waals surface area contributed by atoms with Crippen molar-refractivity contribution >= 4 is 6.09 Å². The van der Waals surface area contributed by atoms with E-state index in [4.69, 9.17) is 10.5 Å². The van der Waals surface area contributed by atoms with Crippen LogP contribution in [0.5, 0.6) is 0 Å². The van der Waals surface area contributed by atoms with E-state index in [9.17, 15) is 4.79 Å². The summed E-state index contributed by atoms with van der Waals surface area (Å²) in [5, 5.41) is 0. The van der Waals surface area contributed by atoms with Crippen LogP contribution in [-0.2, 0) is 4.74 Å². The molecule has 0 aromatic carbocycles. The molecule has 0 radical (unpaired) electrons. The van der Waals surface area contributed by atoms with Crippen molar-refractivity contribution in [2.45, 2.75) is 70.6 Å². The number of carbonyl (C=O) groups is 1. The van der Waals surface area contributed by atoms with Crippen molar-refractivity contribution in [1.82, 2.24) is 4.90 Å². The van der Waals surface area contributed by atoms with E-state index in [1.54, 1.807) is 0 Å². The van der Waals surface area contributed by atoms with Crippen LogP contribution < -0.4 is 5.73 Å². The summed E-state index contributed by atoms with van der Waals surface area (Å²) in [6.45, 7) is 6.61. The van der Waals surface area contributed by atoms with Crippen LogP contribution in [0, 0.1) is 11.3 Å². The zero-order chi connectivity index (χ0) is 13.8. The van der Waals surface area contributed by atoms with Crippen LogP contribution in [0.3, 0.4) is 0 Å². The number of carbonyl (C=O) groups excluding carboxylic acids is 1. The maximum atomic E-state index is 12.3. The first-order valence-electron chi connectivity index (χ1n) is 7.56. The van der Waals surface area contributed by atoms with Gasteiger partial charge in [-0.05, 0) is 70.8 Å². The highest BCUT2D eigenvalue weighted by Gasteiger charge is 2.61. The van der Waals surface area contributed by atoms with Crippen molar-refractivity contribution in [3.05, 3.63) is 0 Å². The van der Waals surface area contributed by atoms with Gasteiger partial charge in [-0.1, -0.05) is 0 Å². The second-order valence-corrected chi connectivity index (χ2v) is 7.68. The van der Waals surface area contributed by atoms with Crippen LogP contribution in [-0.4, -0.2) is 35.2 Å². The van der Waals surface area contributed by atoms with E-state index in [-0.39, 0.29) is 6.09 Å². The third-order valence-corrected chi connectivity index (χ3v) is 5.15. The maximum Gasteiger partial charge on any atom is 0.410 e. The number of nitrogens with two attached hydrogens (primary N) is 1. The van der Waals surface area contributed by atoms with Crippen molar-refractivity contribution in [2.75, 3.05) is 6.54 Å². The fourth-order valence-electron chi connectivity index (χ4n) is 4.26. The number of rotatable bonds is 1. The minimum Gasteiger partial charge on any atom is -0.444 e. The summed E-state index contributed by atoms with van der Waals surface area (Å²) in [6, 6.07) is 0.787. The molecule has 2 heterocycles. The highest BCUT2D eigenvalue weighted by molar-refractivity contribution is 5.69. The van der Waals surface area contributed by atoms with E-state index in [1.807, 2.05) is 25.7 Å². The van der Waals surface area contributed by atoms with Crippen molar-refractivity contribution < 1.29 is 9.53 Å². The molecule has 0 aromatic rings. The molecule has 1 amide bonds. The van der Waals surface area contributed by atoms with Crippen molar-refractivity contribution in [2.24, 2.45) is 17.1 Å². The van der Waals surface area contributed by atoms with Gasteiger partial charge in [0.2, 0.25) is 0 Å². The Kier molecular flexibility index (Phi) is 2.86. The summed E-state index contributed by atoms with van der Waals surface area (Å²) in [5.74, 6) is 0.705. The molecule has 19 heavy (non-hydrogen) atoms. The summed E-state index contributed by atoms with van der Waals surface area (Å²) < 4.78 is 5.56. The molecule has 1 spiro atoms. The van der Waals surface area contributed by atoms with E-state index in [0.29, 0.717) is 23.4 Å². The standard InChI is InChI=1S/C15H26N2O2/c1-14(2,3)19-13(18)17-11-4-5-12(17)8-15(7-11)6-10(15)9-16/h10-12H,4-9,16H2,1-3H3. The van der Waals surface area contributed by atoms with Gasteiger partial charge in [-0.2, -0.15) is 0 Å². The summed E-state index contributed by atoms with van der Waals surface area (Å²) in [7, 11) is 0. The second kappa shape index (κ2) is 4.11. The molecule has 1 aliphatic carbocycles. The third-order valence-electron chi connectivity index (χ3n) is 5.15. The zero-order valence-electron chi connectivity index (χ0n) is 12.3. The van der Waals surface area contributed by atoms with Crippen LogP contribution in [0.25, 0.3) is 0 Å². The smallest absolute Gasteiger partial charge is 0.410 e. The lowest BCUT2D eigenvalue weighted by Crippen LogP contribution is -2.49. The fourth-order valence-corrected chi connectivity index (χ4v) is 4.26. The number of ether oxygens (including phenoxy) is 1. The molecule has 1 saturated carbocycles. The van der Waals surface area contributed by atoms with Crippen LogP contribution >= 0.6 is 0 Å². The topological polar surface area (TPSA) is 55.6 Å². The van der Waals surface area contributed by atoms with Gasteiger partial charge in [0.1, 0.15) is 5.60 Å². The summed E-state index contributed by atoms with van der Waals surface area (Å²) in [6.07, 6.45) is 5.74. The summed E-state index contributed by atoms with van der Waals surface area (Å²) >= 11 is 0. The number of fused-ring (bicyclic) bond motifs is 2. The Morgan fingerprint density at radius 1 is 1.26 bits per heavy atom. The second-order valence-electron chi connectivity index (χ2n) is 7.68. The quantitative estimate of drug-likeness (QED) is 0.793. The maximum absolute atomic E-state index is 12.3. The number of amides is 1. The molecule has 4 nitrogen and oxygen atoms in total. The van der Waals surface area contributed by atoms with Gasteiger partial charge in [0.15, 0.2) is 0 Å². The Labute approximate surface area is 115 Å². The van der Waals surface area contributed by atoms with Crippen molar-refractivity contribution in [3.8, 4) is 0 Å². The fraction of sp³-hybridized carbons (Fsp3) is 0.933. The molecule has 0 aromatic heterocycles. The molecule has 3 fully saturated rings. The Bertz CT molecular complexity index is 374. The van der Waals surface area contributed by atoms with E-state index in [1.165, 1.54) is 6.42 Å². The molecular weight excluding hydrogens is 240 g/mol. The number of hydrogen-bond acceptors (Lipinski definition) is 3. The van der Waals surface area contributed by atoms with Crippen LogP contribution in [0.4, 0.5) is 4.79 Å². The predicted octanol–water partition coefficient (Wildman–Crippen LogP) is 2.51.